The van der Waals surface area contributed by atoms with Gasteiger partial charge in [-0.15, -0.1) is 0 Å². The largest absolute Gasteiger partial charge is 0.504 e. The number of aliphatic hydroxyl groups is 4. The zero-order valence-corrected chi connectivity index (χ0v) is 7.02. The highest BCUT2D eigenvalue weighted by Crippen LogP contribution is 2.36. The first-order valence-electron chi connectivity index (χ1n) is 3.27. The van der Waals surface area contributed by atoms with Crippen LogP contribution in [-0.4, -0.2) is 44.2 Å². The van der Waals surface area contributed by atoms with Gasteiger partial charge in [-0.2, -0.15) is 0 Å². The van der Waals surface area contributed by atoms with E-state index in [1.165, 1.54) is 0 Å². The van der Waals surface area contributed by atoms with Gasteiger partial charge in [-0.05, 0) is 0 Å². The number of alkyl halides is 1. The molecule has 0 aliphatic carbocycles. The van der Waals surface area contributed by atoms with E-state index in [9.17, 15) is 4.79 Å². The minimum atomic E-state index is -2.28. The quantitative estimate of drug-likeness (QED) is 0.350. The van der Waals surface area contributed by atoms with Crippen molar-refractivity contribution in [3.63, 3.8) is 0 Å². The van der Waals surface area contributed by atoms with Crippen molar-refractivity contribution < 1.29 is 30.0 Å². The molecule has 4 N–H and O–H groups in total. The van der Waals surface area contributed by atoms with Gasteiger partial charge >= 0.3 is 5.97 Å². The minimum Gasteiger partial charge on any atom is -0.504 e. The van der Waals surface area contributed by atoms with E-state index in [0.717, 1.165) is 0 Å². The van der Waals surface area contributed by atoms with Gasteiger partial charge in [0.1, 0.15) is 6.10 Å². The van der Waals surface area contributed by atoms with Crippen molar-refractivity contribution in [1.82, 2.24) is 0 Å². The lowest BCUT2D eigenvalue weighted by Gasteiger charge is -2.23. The Balaban J connectivity index is 3.03. The number of ether oxygens (including phenoxy) is 1. The van der Waals surface area contributed by atoms with Gasteiger partial charge in [0.2, 0.25) is 11.5 Å². The Morgan fingerprint density at radius 1 is 1.54 bits per heavy atom. The van der Waals surface area contributed by atoms with Crippen LogP contribution >= 0.6 is 11.6 Å². The van der Waals surface area contributed by atoms with Crippen LogP contribution in [0, 0.1) is 0 Å². The number of rotatable bonds is 2. The molecule has 1 aliphatic rings. The van der Waals surface area contributed by atoms with Crippen LogP contribution in [0.3, 0.4) is 0 Å². The molecular weight excluding hydrogens is 204 g/mol. The summed E-state index contributed by atoms with van der Waals surface area (Å²) in [6, 6.07) is 0. The van der Waals surface area contributed by atoms with Gasteiger partial charge in [0.15, 0.2) is 0 Å². The maximum Gasteiger partial charge on any atom is 0.379 e. The van der Waals surface area contributed by atoms with Crippen LogP contribution in [0.25, 0.3) is 0 Å². The molecule has 2 atom stereocenters. The smallest absolute Gasteiger partial charge is 0.379 e. The fourth-order valence-corrected chi connectivity index (χ4v) is 1.06. The molecule has 1 aliphatic heterocycles. The zero-order valence-electron chi connectivity index (χ0n) is 6.27. The lowest BCUT2D eigenvalue weighted by Crippen LogP contribution is -2.41. The standard InChI is InChI=1S/C6H7ClO6/c7-6(2(9)1-8)4(11)3(10)5(12)13-6/h2,8-11H,1H2/t2-,6+/m0/s1. The van der Waals surface area contributed by atoms with Crippen molar-refractivity contribution in [1.29, 1.82) is 0 Å². The minimum absolute atomic E-state index is 0.825. The molecule has 74 valence electrons. The number of carbonyl (C=O) groups is 1. The molecule has 0 radical (unpaired) electrons. The van der Waals surface area contributed by atoms with Crippen molar-refractivity contribution >= 4 is 17.6 Å². The van der Waals surface area contributed by atoms with Crippen LogP contribution in [0.4, 0.5) is 0 Å². The van der Waals surface area contributed by atoms with Crippen molar-refractivity contribution in [3.05, 3.63) is 11.5 Å². The van der Waals surface area contributed by atoms with Gasteiger partial charge in [-0.3, -0.25) is 0 Å². The Hall–Kier alpha value is -0.980. The molecule has 0 fully saturated rings. The number of halogens is 1. The van der Waals surface area contributed by atoms with Gasteiger partial charge in [0.05, 0.1) is 6.61 Å². The van der Waals surface area contributed by atoms with Crippen LogP contribution in [0.15, 0.2) is 11.5 Å². The number of hydrogen-bond acceptors (Lipinski definition) is 6. The van der Waals surface area contributed by atoms with Crippen LogP contribution in [-0.2, 0) is 9.53 Å². The maximum absolute atomic E-state index is 10.7. The summed E-state index contributed by atoms with van der Waals surface area (Å²) in [7, 11) is 0. The highest BCUT2D eigenvalue weighted by molar-refractivity contribution is 6.27. The summed E-state index contributed by atoms with van der Waals surface area (Å²) in [5.41, 5.74) is 0. The van der Waals surface area contributed by atoms with Crippen molar-refractivity contribution in [2.45, 2.75) is 11.2 Å². The number of esters is 1. The second-order valence-electron chi connectivity index (χ2n) is 2.43. The predicted molar refractivity (Wildman–Crippen MR) is 40.1 cm³/mol. The van der Waals surface area contributed by atoms with Gasteiger partial charge in [0.25, 0.3) is 5.06 Å². The first-order chi connectivity index (χ1) is 5.93. The number of carbonyl (C=O) groups excluding carboxylic acids is 1. The Morgan fingerprint density at radius 3 is 2.38 bits per heavy atom. The third-order valence-electron chi connectivity index (χ3n) is 1.58. The fraction of sp³-hybridized carbons (Fsp3) is 0.500. The summed E-state index contributed by atoms with van der Waals surface area (Å²) in [4.78, 5) is 10.7. The molecule has 6 nitrogen and oxygen atoms in total. The van der Waals surface area contributed by atoms with E-state index in [1.54, 1.807) is 0 Å². The second-order valence-corrected chi connectivity index (χ2v) is 2.99. The highest BCUT2D eigenvalue weighted by Gasteiger charge is 2.52. The van der Waals surface area contributed by atoms with E-state index in [1.807, 2.05) is 0 Å². The van der Waals surface area contributed by atoms with E-state index >= 15 is 0 Å². The third-order valence-corrected chi connectivity index (χ3v) is 2.09. The zero-order chi connectivity index (χ0) is 10.2. The molecule has 0 aromatic rings. The van der Waals surface area contributed by atoms with Gasteiger partial charge < -0.3 is 25.2 Å². The molecule has 0 saturated carbocycles. The van der Waals surface area contributed by atoms with E-state index in [0.29, 0.717) is 0 Å². The fourth-order valence-electron chi connectivity index (χ4n) is 0.833. The third kappa shape index (κ3) is 1.32. The average Bonchev–Trinajstić information content (AvgIpc) is 2.30. The molecule has 0 aromatic carbocycles. The molecule has 7 heteroatoms. The first-order valence-corrected chi connectivity index (χ1v) is 3.65. The normalized spacial score (nSPS) is 30.5. The number of cyclic esters (lactones) is 1. The molecule has 0 spiro atoms. The molecule has 0 bridgehead atoms. The number of hydrogen-bond donors (Lipinski definition) is 4. The molecular formula is C6H7ClO6. The highest BCUT2D eigenvalue weighted by atomic mass is 35.5. The second kappa shape index (κ2) is 3.06. The predicted octanol–water partition coefficient (Wildman–Crippen LogP) is -0.841. The lowest BCUT2D eigenvalue weighted by atomic mass is 10.2. The molecule has 0 amide bonds. The Morgan fingerprint density at radius 2 is 2.08 bits per heavy atom. The molecule has 0 saturated heterocycles. The van der Waals surface area contributed by atoms with Crippen molar-refractivity contribution in [3.8, 4) is 0 Å². The Bertz CT molecular complexity index is 274. The molecule has 0 unspecified atom stereocenters. The monoisotopic (exact) mass is 210 g/mol. The molecule has 1 heterocycles. The maximum atomic E-state index is 10.7. The first kappa shape index (κ1) is 10.1. The average molecular weight is 211 g/mol. The van der Waals surface area contributed by atoms with Gasteiger partial charge in [0, 0.05) is 0 Å². The molecule has 1 rings (SSSR count). The Kier molecular flexibility index (Phi) is 2.38. The van der Waals surface area contributed by atoms with Crippen molar-refractivity contribution in [2.24, 2.45) is 0 Å². The van der Waals surface area contributed by atoms with E-state index in [4.69, 9.17) is 32.0 Å². The number of aliphatic hydroxyl groups excluding tert-OH is 4. The van der Waals surface area contributed by atoms with E-state index < -0.39 is 35.3 Å². The Labute approximate surface area is 77.6 Å². The molecule has 0 aromatic heterocycles. The summed E-state index contributed by atoms with van der Waals surface area (Å²) >= 11 is 5.44. The van der Waals surface area contributed by atoms with Crippen LogP contribution < -0.4 is 0 Å². The van der Waals surface area contributed by atoms with Gasteiger partial charge in [-0.1, -0.05) is 11.6 Å². The summed E-state index contributed by atoms with van der Waals surface area (Å²) in [6.45, 7) is -0.825. The summed E-state index contributed by atoms with van der Waals surface area (Å²) in [6.07, 6.45) is -1.71. The van der Waals surface area contributed by atoms with E-state index in [-0.39, 0.29) is 0 Å². The molecule has 13 heavy (non-hydrogen) atoms. The summed E-state index contributed by atoms with van der Waals surface area (Å²) in [5, 5.41) is 33.2. The van der Waals surface area contributed by atoms with Crippen LogP contribution in [0.1, 0.15) is 0 Å². The topological polar surface area (TPSA) is 107 Å². The SMILES string of the molecule is O=C1O[C@](Cl)([C@@H](O)CO)C(O)=C1O. The van der Waals surface area contributed by atoms with Crippen LogP contribution in [0.2, 0.25) is 0 Å². The van der Waals surface area contributed by atoms with Gasteiger partial charge in [-0.25, -0.2) is 4.79 Å². The van der Waals surface area contributed by atoms with Crippen molar-refractivity contribution in [2.75, 3.05) is 6.61 Å². The van der Waals surface area contributed by atoms with Crippen LogP contribution in [0.5, 0.6) is 0 Å². The lowest BCUT2D eigenvalue weighted by molar-refractivity contribution is -0.152. The van der Waals surface area contributed by atoms with E-state index in [2.05, 4.69) is 4.74 Å². The summed E-state index contributed by atoms with van der Waals surface area (Å²) < 4.78 is 4.27. The summed E-state index contributed by atoms with van der Waals surface area (Å²) in [5.74, 6) is -3.32.